The summed E-state index contributed by atoms with van der Waals surface area (Å²) in [7, 11) is 1.44. The second kappa shape index (κ2) is 23.7. The highest BCUT2D eigenvalue weighted by molar-refractivity contribution is 7.99. The van der Waals surface area contributed by atoms with Gasteiger partial charge >= 0.3 is 5.97 Å². The lowest BCUT2D eigenvalue weighted by Gasteiger charge is -2.28. The van der Waals surface area contributed by atoms with E-state index in [0.29, 0.717) is 16.8 Å². The van der Waals surface area contributed by atoms with Crippen molar-refractivity contribution in [2.24, 2.45) is 0 Å². The molecular formula is C28H58NO6PS. The van der Waals surface area contributed by atoms with E-state index < -0.39 is 19.9 Å². The Morgan fingerprint density at radius 2 is 1.27 bits per heavy atom. The average molecular weight is 568 g/mol. The summed E-state index contributed by atoms with van der Waals surface area (Å²) in [5.74, 6) is 1.03. The Morgan fingerprint density at radius 1 is 0.811 bits per heavy atom. The van der Waals surface area contributed by atoms with E-state index in [1.807, 2.05) is 21.1 Å². The molecular weight excluding hydrogens is 509 g/mol. The predicted octanol–water partition coefficient (Wildman–Crippen LogP) is 7.12. The lowest BCUT2D eigenvalue weighted by Crippen LogP contribution is -2.37. The molecule has 222 valence electrons. The first kappa shape index (κ1) is 36.9. The van der Waals surface area contributed by atoms with Crippen LogP contribution in [-0.4, -0.2) is 69.0 Å². The molecule has 2 unspecified atom stereocenters. The molecule has 0 aromatic rings. The van der Waals surface area contributed by atoms with Gasteiger partial charge in [0.2, 0.25) is 0 Å². The molecule has 0 heterocycles. The molecule has 0 saturated heterocycles. The largest absolute Gasteiger partial charge is 0.756 e. The predicted molar refractivity (Wildman–Crippen MR) is 155 cm³/mol. The molecule has 0 radical (unpaired) electrons. The number of hydrogen-bond acceptors (Lipinski definition) is 7. The van der Waals surface area contributed by atoms with Crippen molar-refractivity contribution in [3.63, 3.8) is 0 Å². The summed E-state index contributed by atoms with van der Waals surface area (Å²) in [5.41, 5.74) is 0. The molecule has 2 atom stereocenters. The Kier molecular flexibility index (Phi) is 23.7. The van der Waals surface area contributed by atoms with E-state index in [1.165, 1.54) is 103 Å². The minimum absolute atomic E-state index is 0.0521. The maximum Gasteiger partial charge on any atom is 0.303 e. The van der Waals surface area contributed by atoms with E-state index in [0.717, 1.165) is 12.2 Å². The molecule has 0 aliphatic carbocycles. The van der Waals surface area contributed by atoms with E-state index in [2.05, 4.69) is 6.92 Å². The second-order valence-corrected chi connectivity index (χ2v) is 13.8. The SMILES string of the molecule is CCCCCCCCCCCCCCCCCCSCC(COP(=O)([O-])OCC[N+](C)(C)C)OC(C)=O. The van der Waals surface area contributed by atoms with Crippen LogP contribution in [-0.2, 0) is 23.1 Å². The van der Waals surface area contributed by atoms with Gasteiger partial charge < -0.3 is 23.2 Å². The topological polar surface area (TPSA) is 84.9 Å². The lowest BCUT2D eigenvalue weighted by atomic mass is 10.0. The van der Waals surface area contributed by atoms with Crippen molar-refractivity contribution in [3.05, 3.63) is 0 Å². The average Bonchev–Trinajstić information content (AvgIpc) is 2.80. The second-order valence-electron chi connectivity index (χ2n) is 11.2. The molecule has 0 fully saturated rings. The summed E-state index contributed by atoms with van der Waals surface area (Å²) >= 11 is 1.67. The number of likely N-dealkylation sites (N-methyl/N-ethyl adjacent to an activating group) is 1. The van der Waals surface area contributed by atoms with Crippen LogP contribution in [0, 0.1) is 0 Å². The van der Waals surface area contributed by atoms with E-state index in [-0.39, 0.29) is 13.2 Å². The summed E-state index contributed by atoms with van der Waals surface area (Å²) in [4.78, 5) is 23.4. The van der Waals surface area contributed by atoms with Gasteiger partial charge in [-0.2, -0.15) is 11.8 Å². The molecule has 0 saturated carbocycles. The fraction of sp³-hybridized carbons (Fsp3) is 0.964. The Morgan fingerprint density at radius 3 is 1.70 bits per heavy atom. The zero-order chi connectivity index (χ0) is 27.8. The number of nitrogens with zero attached hydrogens (tertiary/aromatic N) is 1. The van der Waals surface area contributed by atoms with Crippen LogP contribution in [0.25, 0.3) is 0 Å². The number of thioether (sulfide) groups is 1. The van der Waals surface area contributed by atoms with Gasteiger partial charge in [-0.3, -0.25) is 9.36 Å². The molecule has 0 spiro atoms. The summed E-state index contributed by atoms with van der Waals surface area (Å²) in [5, 5.41) is 0. The summed E-state index contributed by atoms with van der Waals surface area (Å²) < 4.78 is 27.7. The first-order chi connectivity index (χ1) is 17.6. The van der Waals surface area contributed by atoms with Crippen molar-refractivity contribution < 1.29 is 32.5 Å². The lowest BCUT2D eigenvalue weighted by molar-refractivity contribution is -0.870. The zero-order valence-corrected chi connectivity index (χ0v) is 26.4. The van der Waals surface area contributed by atoms with Crippen LogP contribution < -0.4 is 4.89 Å². The fourth-order valence-corrected chi connectivity index (χ4v) is 5.69. The van der Waals surface area contributed by atoms with Crippen LogP contribution in [0.15, 0.2) is 0 Å². The molecule has 0 rings (SSSR count). The van der Waals surface area contributed by atoms with Crippen LogP contribution in [0.4, 0.5) is 0 Å². The minimum atomic E-state index is -4.41. The Labute approximate surface area is 233 Å². The third kappa shape index (κ3) is 28.7. The highest BCUT2D eigenvalue weighted by Crippen LogP contribution is 2.38. The first-order valence-corrected chi connectivity index (χ1v) is 17.3. The van der Waals surface area contributed by atoms with Gasteiger partial charge in [0, 0.05) is 12.7 Å². The van der Waals surface area contributed by atoms with Crippen molar-refractivity contribution in [2.75, 3.05) is 52.4 Å². The monoisotopic (exact) mass is 567 g/mol. The van der Waals surface area contributed by atoms with Crippen LogP contribution in [0.2, 0.25) is 0 Å². The van der Waals surface area contributed by atoms with Crippen molar-refractivity contribution >= 4 is 25.6 Å². The standard InChI is InChI=1S/C28H58NO6PS/c1-6-7-8-9-10-11-12-13-14-15-16-17-18-19-20-21-24-37-26-28(35-27(2)30)25-34-36(31,32)33-23-22-29(3,4)5/h28H,6-26H2,1-5H3. The van der Waals surface area contributed by atoms with Crippen LogP contribution in [0.3, 0.4) is 0 Å². The molecule has 7 nitrogen and oxygen atoms in total. The normalized spacial score (nSPS) is 14.4. The van der Waals surface area contributed by atoms with E-state index >= 15 is 0 Å². The molecule has 0 aliphatic rings. The molecule has 0 aliphatic heterocycles. The highest BCUT2D eigenvalue weighted by Gasteiger charge is 2.19. The zero-order valence-electron chi connectivity index (χ0n) is 24.7. The van der Waals surface area contributed by atoms with E-state index in [9.17, 15) is 14.3 Å². The first-order valence-electron chi connectivity index (χ1n) is 14.7. The van der Waals surface area contributed by atoms with E-state index in [4.69, 9.17) is 13.8 Å². The Balaban J connectivity index is 3.71. The third-order valence-electron chi connectivity index (χ3n) is 6.21. The van der Waals surface area contributed by atoms with Gasteiger partial charge in [0.25, 0.3) is 7.82 Å². The third-order valence-corrected chi connectivity index (χ3v) is 8.36. The van der Waals surface area contributed by atoms with Crippen LogP contribution in [0.1, 0.15) is 117 Å². The molecule has 0 aromatic carbocycles. The van der Waals surface area contributed by atoms with Gasteiger partial charge in [0.1, 0.15) is 19.3 Å². The van der Waals surface area contributed by atoms with E-state index in [1.54, 1.807) is 11.8 Å². The van der Waals surface area contributed by atoms with Gasteiger partial charge in [-0.1, -0.05) is 103 Å². The quantitative estimate of drug-likeness (QED) is 0.0452. The molecule has 0 bridgehead atoms. The van der Waals surface area contributed by atoms with Crippen molar-refractivity contribution in [1.82, 2.24) is 0 Å². The smallest absolute Gasteiger partial charge is 0.303 e. The van der Waals surface area contributed by atoms with Gasteiger partial charge in [-0.05, 0) is 12.2 Å². The number of esters is 1. The van der Waals surface area contributed by atoms with Gasteiger partial charge in [0.05, 0.1) is 27.7 Å². The van der Waals surface area contributed by atoms with Crippen LogP contribution in [0.5, 0.6) is 0 Å². The summed E-state index contributed by atoms with van der Waals surface area (Å²) in [6, 6.07) is 0. The number of carbonyl (C=O) groups excluding carboxylic acids is 1. The number of carbonyl (C=O) groups is 1. The number of rotatable bonds is 27. The Bertz CT molecular complexity index is 588. The van der Waals surface area contributed by atoms with Crippen LogP contribution >= 0.6 is 19.6 Å². The highest BCUT2D eigenvalue weighted by atomic mass is 32.2. The molecule has 37 heavy (non-hydrogen) atoms. The number of hydrogen-bond donors (Lipinski definition) is 0. The number of phosphoric ester groups is 1. The maximum absolute atomic E-state index is 12.0. The number of quaternary nitrogens is 1. The Hall–Kier alpha value is -0.110. The summed E-state index contributed by atoms with van der Waals surface area (Å²) in [6.45, 7) is 3.97. The number of ether oxygens (including phenoxy) is 1. The maximum atomic E-state index is 12.0. The van der Waals surface area contributed by atoms with Crippen molar-refractivity contribution in [1.29, 1.82) is 0 Å². The molecule has 0 aromatic heterocycles. The van der Waals surface area contributed by atoms with Crippen molar-refractivity contribution in [2.45, 2.75) is 123 Å². The number of unbranched alkanes of at least 4 members (excludes halogenated alkanes) is 15. The molecule has 9 heteroatoms. The fourth-order valence-electron chi connectivity index (χ4n) is 3.96. The van der Waals surface area contributed by atoms with Crippen molar-refractivity contribution in [3.8, 4) is 0 Å². The molecule has 0 N–H and O–H groups in total. The number of phosphoric acid groups is 1. The van der Waals surface area contributed by atoms with Gasteiger partial charge in [-0.15, -0.1) is 0 Å². The minimum Gasteiger partial charge on any atom is -0.756 e. The molecule has 0 amide bonds. The van der Waals surface area contributed by atoms with Gasteiger partial charge in [0.15, 0.2) is 0 Å². The summed E-state index contributed by atoms with van der Waals surface area (Å²) in [6.07, 6.45) is 21.0. The van der Waals surface area contributed by atoms with Gasteiger partial charge in [-0.25, -0.2) is 0 Å².